The van der Waals surface area contributed by atoms with Crippen LogP contribution in [0.25, 0.3) is 16.7 Å². The Labute approximate surface area is 113 Å². The van der Waals surface area contributed by atoms with Gasteiger partial charge in [-0.15, -0.1) is 6.54 Å². The first-order valence-electron chi connectivity index (χ1n) is 3.92. The third-order valence-corrected chi connectivity index (χ3v) is 2.04. The van der Waals surface area contributed by atoms with E-state index in [2.05, 4.69) is 0 Å². The number of hydrogen-bond donors (Lipinski definition) is 0. The number of benzene rings is 1. The quantitative estimate of drug-likeness (QED) is 0.740. The van der Waals surface area contributed by atoms with Gasteiger partial charge >= 0.3 is 0 Å². The molecule has 0 atom stereocenters. The molecule has 0 fully saturated rings. The van der Waals surface area contributed by atoms with Crippen LogP contribution in [0, 0.1) is 51.0 Å². The molecule has 0 aliphatic heterocycles. The van der Waals surface area contributed by atoms with E-state index in [0.29, 0.717) is 6.54 Å². The fourth-order valence-corrected chi connectivity index (χ4v) is 1.31. The number of hydrogen-bond acceptors (Lipinski definition) is 1. The maximum Gasteiger partial charge on any atom is 0.134 e. The summed E-state index contributed by atoms with van der Waals surface area (Å²) < 4.78 is 5.29. The van der Waals surface area contributed by atoms with E-state index in [0.717, 1.165) is 22.1 Å². The molecule has 65 valence electrons. The van der Waals surface area contributed by atoms with Crippen molar-refractivity contribution < 1.29 is 48.5 Å². The number of nitrogens with one attached hydrogen (secondary N) is 1. The SMILES string of the molecule is Cc1coc2ccc(C[NH-])cc12.[Ac]. The van der Waals surface area contributed by atoms with Crippen LogP contribution in [0.1, 0.15) is 11.1 Å². The van der Waals surface area contributed by atoms with Gasteiger partial charge in [-0.1, -0.05) is 11.6 Å². The number of aryl methyl sites for hydroxylation is 1. The smallest absolute Gasteiger partial charge is 0.134 e. The summed E-state index contributed by atoms with van der Waals surface area (Å²) >= 11 is 0. The number of rotatable bonds is 1. The van der Waals surface area contributed by atoms with Crippen molar-refractivity contribution in [2.75, 3.05) is 0 Å². The molecule has 3 heteroatoms. The van der Waals surface area contributed by atoms with Gasteiger partial charge in [-0.3, -0.25) is 0 Å². The summed E-state index contributed by atoms with van der Waals surface area (Å²) in [6.45, 7) is 2.35. The van der Waals surface area contributed by atoms with Crippen molar-refractivity contribution in [2.45, 2.75) is 13.5 Å². The molecule has 0 saturated heterocycles. The molecule has 1 aromatic carbocycles. The second kappa shape index (κ2) is 4.59. The molecule has 0 saturated carbocycles. The molecular formula is C10H10AcNO-. The minimum absolute atomic E-state index is 0. The van der Waals surface area contributed by atoms with Crippen molar-refractivity contribution in [1.29, 1.82) is 0 Å². The van der Waals surface area contributed by atoms with Crippen LogP contribution >= 0.6 is 0 Å². The summed E-state index contributed by atoms with van der Waals surface area (Å²) in [5, 5.41) is 1.12. The van der Waals surface area contributed by atoms with Gasteiger partial charge in [0.15, 0.2) is 0 Å². The van der Waals surface area contributed by atoms with Crippen molar-refractivity contribution in [2.24, 2.45) is 0 Å². The van der Waals surface area contributed by atoms with Crippen LogP contribution in [0.5, 0.6) is 0 Å². The van der Waals surface area contributed by atoms with Crippen LogP contribution in [-0.2, 0) is 6.54 Å². The Morgan fingerprint density at radius 3 is 2.85 bits per heavy atom. The molecule has 13 heavy (non-hydrogen) atoms. The predicted octanol–water partition coefficient (Wildman–Crippen LogP) is 3.29. The molecule has 0 amide bonds. The molecule has 2 nitrogen and oxygen atoms in total. The summed E-state index contributed by atoms with van der Waals surface area (Å²) in [6.07, 6.45) is 1.75. The van der Waals surface area contributed by atoms with Crippen LogP contribution in [0.15, 0.2) is 28.9 Å². The van der Waals surface area contributed by atoms with Gasteiger partial charge in [-0.25, -0.2) is 0 Å². The minimum atomic E-state index is 0. The van der Waals surface area contributed by atoms with E-state index in [-0.39, 0.29) is 44.1 Å². The molecule has 0 spiro atoms. The predicted molar refractivity (Wildman–Crippen MR) is 49.0 cm³/mol. The Bertz CT molecular complexity index is 408. The fourth-order valence-electron chi connectivity index (χ4n) is 1.31. The van der Waals surface area contributed by atoms with E-state index in [1.165, 1.54) is 0 Å². The van der Waals surface area contributed by atoms with E-state index < -0.39 is 0 Å². The zero-order valence-electron chi connectivity index (χ0n) is 7.50. The Kier molecular flexibility index (Phi) is 3.97. The van der Waals surface area contributed by atoms with Gasteiger partial charge in [-0.05, 0) is 24.6 Å². The summed E-state index contributed by atoms with van der Waals surface area (Å²) in [4.78, 5) is 0. The van der Waals surface area contributed by atoms with Gasteiger partial charge in [0.05, 0.1) is 6.26 Å². The monoisotopic (exact) mass is 387 g/mol. The third-order valence-electron chi connectivity index (χ3n) is 2.04. The first-order chi connectivity index (χ1) is 5.81. The topological polar surface area (TPSA) is 36.9 Å². The van der Waals surface area contributed by atoms with Gasteiger partial charge in [0.2, 0.25) is 0 Å². The van der Waals surface area contributed by atoms with Crippen molar-refractivity contribution >= 4 is 11.0 Å². The molecule has 2 rings (SSSR count). The average molecular weight is 387 g/mol. The van der Waals surface area contributed by atoms with Crippen molar-refractivity contribution in [3.05, 3.63) is 41.3 Å². The number of furan rings is 1. The van der Waals surface area contributed by atoms with Gasteiger partial charge in [0.1, 0.15) is 5.58 Å². The maximum absolute atomic E-state index is 7.21. The van der Waals surface area contributed by atoms with Crippen molar-refractivity contribution in [3.8, 4) is 0 Å². The molecule has 1 heterocycles. The molecular weight excluding hydrogens is 377 g/mol. The third kappa shape index (κ3) is 2.15. The average Bonchev–Trinajstić information content (AvgIpc) is 2.47. The van der Waals surface area contributed by atoms with E-state index >= 15 is 0 Å². The minimum Gasteiger partial charge on any atom is -0.674 e. The van der Waals surface area contributed by atoms with Gasteiger partial charge in [0, 0.05) is 49.4 Å². The zero-order chi connectivity index (χ0) is 8.55. The first kappa shape index (κ1) is 11.2. The van der Waals surface area contributed by atoms with E-state index in [9.17, 15) is 0 Å². The molecule has 2 aromatic rings. The normalized spacial score (nSPS) is 10.0. The first-order valence-corrected chi connectivity index (χ1v) is 3.92. The van der Waals surface area contributed by atoms with Gasteiger partial charge < -0.3 is 10.2 Å². The molecule has 0 aliphatic rings. The van der Waals surface area contributed by atoms with Crippen LogP contribution in [0.3, 0.4) is 0 Å². The Morgan fingerprint density at radius 1 is 1.38 bits per heavy atom. The Balaban J connectivity index is 0.000000845. The standard InChI is InChI=1S/C10H10NO.Ac/c1-7-6-12-10-3-2-8(5-11)4-9(7)10;/h2-4,6,11H,5H2,1H3;/q-1;. The van der Waals surface area contributed by atoms with E-state index in [1.807, 2.05) is 25.1 Å². The van der Waals surface area contributed by atoms with Crippen molar-refractivity contribution in [1.82, 2.24) is 0 Å². The molecule has 0 bridgehead atoms. The van der Waals surface area contributed by atoms with Crippen LogP contribution in [0.2, 0.25) is 0 Å². The fraction of sp³-hybridized carbons (Fsp3) is 0.200. The van der Waals surface area contributed by atoms with Crippen LogP contribution in [0.4, 0.5) is 0 Å². The van der Waals surface area contributed by atoms with Crippen molar-refractivity contribution in [3.63, 3.8) is 0 Å². The molecule has 1 radical (unpaired) electrons. The van der Waals surface area contributed by atoms with Crippen LogP contribution < -0.4 is 0 Å². The Hall–Kier alpha value is 0.162. The summed E-state index contributed by atoms with van der Waals surface area (Å²) in [5.41, 5.74) is 10.3. The van der Waals surface area contributed by atoms with E-state index in [1.54, 1.807) is 6.26 Å². The molecule has 0 aliphatic carbocycles. The van der Waals surface area contributed by atoms with Gasteiger partial charge in [0.25, 0.3) is 0 Å². The zero-order valence-corrected chi connectivity index (χ0v) is 12.2. The molecule has 0 unspecified atom stereocenters. The molecule has 1 N–H and O–H groups in total. The second-order valence-corrected chi connectivity index (χ2v) is 2.93. The van der Waals surface area contributed by atoms with Crippen LogP contribution in [-0.4, -0.2) is 0 Å². The Morgan fingerprint density at radius 2 is 2.15 bits per heavy atom. The maximum atomic E-state index is 7.21. The van der Waals surface area contributed by atoms with E-state index in [4.69, 9.17) is 10.2 Å². The molecule has 1 aromatic heterocycles. The van der Waals surface area contributed by atoms with Gasteiger partial charge in [-0.2, -0.15) is 0 Å². The summed E-state index contributed by atoms with van der Waals surface area (Å²) in [7, 11) is 0. The summed E-state index contributed by atoms with van der Waals surface area (Å²) in [6, 6.07) is 5.87. The number of fused-ring (bicyclic) bond motifs is 1. The second-order valence-electron chi connectivity index (χ2n) is 2.93. The summed E-state index contributed by atoms with van der Waals surface area (Å²) in [5.74, 6) is 0. The largest absolute Gasteiger partial charge is 0.674 e.